The second-order valence-corrected chi connectivity index (χ2v) is 8.49. The van der Waals surface area contributed by atoms with E-state index in [9.17, 15) is 12.8 Å². The predicted molar refractivity (Wildman–Crippen MR) is 103 cm³/mol. The molecule has 0 saturated heterocycles. The monoisotopic (exact) mass is 388 g/mol. The van der Waals surface area contributed by atoms with Crippen LogP contribution in [0.15, 0.2) is 53.7 Å². The summed E-state index contributed by atoms with van der Waals surface area (Å²) in [5.41, 5.74) is 1.52. The molecule has 1 heterocycles. The summed E-state index contributed by atoms with van der Waals surface area (Å²) in [6, 6.07) is 10.9. The van der Waals surface area contributed by atoms with Crippen LogP contribution >= 0.6 is 0 Å². The highest BCUT2D eigenvalue weighted by Gasteiger charge is 2.22. The van der Waals surface area contributed by atoms with Gasteiger partial charge in [0.25, 0.3) is 0 Å². The highest BCUT2D eigenvalue weighted by molar-refractivity contribution is 7.89. The number of halogens is 1. The third-order valence-electron chi connectivity index (χ3n) is 4.38. The van der Waals surface area contributed by atoms with E-state index in [0.29, 0.717) is 23.3 Å². The molecule has 3 rings (SSSR count). The van der Waals surface area contributed by atoms with E-state index in [1.165, 1.54) is 22.8 Å². The molecule has 2 aromatic carbocycles. The Morgan fingerprint density at radius 2 is 1.81 bits per heavy atom. The van der Waals surface area contributed by atoms with E-state index >= 15 is 0 Å². The van der Waals surface area contributed by atoms with Crippen molar-refractivity contribution in [2.75, 3.05) is 12.4 Å². The van der Waals surface area contributed by atoms with Gasteiger partial charge < -0.3 is 5.32 Å². The van der Waals surface area contributed by atoms with Crippen molar-refractivity contribution in [3.63, 3.8) is 0 Å². The predicted octanol–water partition coefficient (Wildman–Crippen LogP) is 3.41. The Labute approximate surface area is 158 Å². The van der Waals surface area contributed by atoms with Gasteiger partial charge in [-0.3, -0.25) is 0 Å². The van der Waals surface area contributed by atoms with Gasteiger partial charge in [-0.25, -0.2) is 22.8 Å². The first-order chi connectivity index (χ1) is 12.8. The number of benzene rings is 2. The molecule has 0 unspecified atom stereocenters. The number of nitrogens with one attached hydrogen (secondary N) is 1. The number of rotatable bonds is 6. The lowest BCUT2D eigenvalue weighted by Crippen LogP contribution is -2.33. The lowest BCUT2D eigenvalue weighted by molar-refractivity contribution is 0.410. The summed E-state index contributed by atoms with van der Waals surface area (Å²) in [6.45, 7) is 4.07. The maximum absolute atomic E-state index is 13.5. The smallest absolute Gasteiger partial charge is 0.243 e. The van der Waals surface area contributed by atoms with E-state index in [0.717, 1.165) is 5.56 Å². The van der Waals surface area contributed by atoms with E-state index in [-0.39, 0.29) is 16.8 Å². The van der Waals surface area contributed by atoms with Crippen LogP contribution < -0.4 is 5.32 Å². The van der Waals surface area contributed by atoms with Gasteiger partial charge in [0.1, 0.15) is 18.0 Å². The van der Waals surface area contributed by atoms with Gasteiger partial charge in [0, 0.05) is 25.0 Å². The third kappa shape index (κ3) is 4.06. The van der Waals surface area contributed by atoms with E-state index in [1.807, 2.05) is 13.8 Å². The Hall–Kier alpha value is -2.58. The summed E-state index contributed by atoms with van der Waals surface area (Å²) in [5.74, 6) is 0.167. The molecule has 0 atom stereocenters. The zero-order chi connectivity index (χ0) is 19.6. The Kier molecular flexibility index (Phi) is 5.38. The van der Waals surface area contributed by atoms with E-state index in [1.54, 1.807) is 37.4 Å². The Morgan fingerprint density at radius 3 is 2.48 bits per heavy atom. The second kappa shape index (κ2) is 7.58. The number of aromatic nitrogens is 2. The van der Waals surface area contributed by atoms with Crippen LogP contribution in [0.1, 0.15) is 19.4 Å². The SMILES string of the molecule is CC(C)N(C)S(=O)(=O)c1ccc(CNc2ncnc3ccc(F)cc23)cc1. The van der Waals surface area contributed by atoms with Crippen LogP contribution in [0.3, 0.4) is 0 Å². The molecule has 0 aliphatic carbocycles. The average Bonchev–Trinajstić information content (AvgIpc) is 2.66. The minimum Gasteiger partial charge on any atom is -0.365 e. The zero-order valence-electron chi connectivity index (χ0n) is 15.3. The summed E-state index contributed by atoms with van der Waals surface area (Å²) >= 11 is 0. The van der Waals surface area contributed by atoms with Gasteiger partial charge in [0.15, 0.2) is 0 Å². The first kappa shape index (κ1) is 19.2. The fourth-order valence-corrected chi connectivity index (χ4v) is 3.95. The van der Waals surface area contributed by atoms with Crippen LogP contribution in [0.5, 0.6) is 0 Å². The largest absolute Gasteiger partial charge is 0.365 e. The van der Waals surface area contributed by atoms with Gasteiger partial charge in [0.05, 0.1) is 10.4 Å². The molecule has 0 spiro atoms. The molecule has 0 amide bonds. The van der Waals surface area contributed by atoms with Gasteiger partial charge in [-0.1, -0.05) is 12.1 Å². The molecule has 0 radical (unpaired) electrons. The van der Waals surface area contributed by atoms with E-state index in [4.69, 9.17) is 0 Å². The van der Waals surface area contributed by atoms with Crippen LogP contribution in [-0.2, 0) is 16.6 Å². The van der Waals surface area contributed by atoms with Crippen LogP contribution in [-0.4, -0.2) is 35.8 Å². The molecule has 3 aromatic rings. The van der Waals surface area contributed by atoms with Gasteiger partial charge in [-0.2, -0.15) is 4.31 Å². The molecule has 1 N–H and O–H groups in total. The lowest BCUT2D eigenvalue weighted by Gasteiger charge is -2.21. The summed E-state index contributed by atoms with van der Waals surface area (Å²) in [7, 11) is -1.94. The molecule has 6 nitrogen and oxygen atoms in total. The summed E-state index contributed by atoms with van der Waals surface area (Å²) < 4.78 is 39.8. The number of sulfonamides is 1. The minimum atomic E-state index is -3.51. The van der Waals surface area contributed by atoms with Crippen molar-refractivity contribution in [1.82, 2.24) is 14.3 Å². The maximum Gasteiger partial charge on any atom is 0.243 e. The first-order valence-electron chi connectivity index (χ1n) is 8.50. The summed E-state index contributed by atoms with van der Waals surface area (Å²) in [6.07, 6.45) is 1.42. The van der Waals surface area contributed by atoms with Crippen LogP contribution in [0.25, 0.3) is 10.9 Å². The van der Waals surface area contributed by atoms with Crippen LogP contribution in [0, 0.1) is 5.82 Å². The maximum atomic E-state index is 13.5. The average molecular weight is 388 g/mol. The molecule has 142 valence electrons. The van der Waals surface area contributed by atoms with Gasteiger partial charge in [-0.05, 0) is 49.7 Å². The quantitative estimate of drug-likeness (QED) is 0.700. The number of nitrogens with zero attached hydrogens (tertiary/aromatic N) is 3. The second-order valence-electron chi connectivity index (χ2n) is 6.50. The van der Waals surface area contributed by atoms with Crippen molar-refractivity contribution in [2.45, 2.75) is 31.3 Å². The van der Waals surface area contributed by atoms with E-state index < -0.39 is 10.0 Å². The van der Waals surface area contributed by atoms with Gasteiger partial charge in [-0.15, -0.1) is 0 Å². The lowest BCUT2D eigenvalue weighted by atomic mass is 10.2. The van der Waals surface area contributed by atoms with Crippen molar-refractivity contribution >= 4 is 26.7 Å². The van der Waals surface area contributed by atoms with Crippen molar-refractivity contribution in [3.8, 4) is 0 Å². The molecule has 1 aromatic heterocycles. The Bertz CT molecular complexity index is 1050. The highest BCUT2D eigenvalue weighted by Crippen LogP contribution is 2.21. The minimum absolute atomic E-state index is 0.122. The van der Waals surface area contributed by atoms with Crippen molar-refractivity contribution in [1.29, 1.82) is 0 Å². The van der Waals surface area contributed by atoms with E-state index in [2.05, 4.69) is 15.3 Å². The zero-order valence-corrected chi connectivity index (χ0v) is 16.2. The number of hydrogen-bond acceptors (Lipinski definition) is 5. The summed E-state index contributed by atoms with van der Waals surface area (Å²) in [4.78, 5) is 8.54. The Morgan fingerprint density at radius 1 is 1.11 bits per heavy atom. The highest BCUT2D eigenvalue weighted by atomic mass is 32.2. The molecule has 0 aliphatic heterocycles. The van der Waals surface area contributed by atoms with Crippen LogP contribution in [0.2, 0.25) is 0 Å². The third-order valence-corrected chi connectivity index (χ3v) is 6.43. The number of fused-ring (bicyclic) bond motifs is 1. The van der Waals surface area contributed by atoms with Crippen molar-refractivity contribution in [2.24, 2.45) is 0 Å². The van der Waals surface area contributed by atoms with Gasteiger partial charge >= 0.3 is 0 Å². The van der Waals surface area contributed by atoms with Gasteiger partial charge in [0.2, 0.25) is 10.0 Å². The molecule has 0 saturated carbocycles. The molecule has 27 heavy (non-hydrogen) atoms. The standard InChI is InChI=1S/C19H21FN4O2S/c1-13(2)24(3)27(25,26)16-7-4-14(5-8-16)11-21-19-17-10-15(20)6-9-18(17)22-12-23-19/h4-10,12-13H,11H2,1-3H3,(H,21,22,23). The summed E-state index contributed by atoms with van der Waals surface area (Å²) in [5, 5.41) is 3.75. The molecule has 0 aliphatic rings. The van der Waals surface area contributed by atoms with Crippen molar-refractivity contribution in [3.05, 3.63) is 60.2 Å². The number of anilines is 1. The first-order valence-corrected chi connectivity index (χ1v) is 9.94. The fourth-order valence-electron chi connectivity index (χ4n) is 2.58. The normalized spacial score (nSPS) is 12.1. The molecule has 0 bridgehead atoms. The topological polar surface area (TPSA) is 75.2 Å². The van der Waals surface area contributed by atoms with Crippen LogP contribution in [0.4, 0.5) is 10.2 Å². The molecule has 8 heteroatoms. The molecular formula is C19H21FN4O2S. The van der Waals surface area contributed by atoms with Crippen molar-refractivity contribution < 1.29 is 12.8 Å². The number of hydrogen-bond donors (Lipinski definition) is 1. The molecule has 0 fully saturated rings. The fraction of sp³-hybridized carbons (Fsp3) is 0.263. The Balaban J connectivity index is 1.78. The molecular weight excluding hydrogens is 367 g/mol.